The lowest BCUT2D eigenvalue weighted by Crippen LogP contribution is -2.39. The van der Waals surface area contributed by atoms with Crippen molar-refractivity contribution in [1.82, 2.24) is 4.90 Å². The molecule has 2 aliphatic rings. The second-order valence-electron chi connectivity index (χ2n) is 8.79. The van der Waals surface area contributed by atoms with Crippen molar-refractivity contribution >= 4 is 39.2 Å². The molecule has 2 saturated carbocycles. The quantitative estimate of drug-likeness (QED) is 0.518. The van der Waals surface area contributed by atoms with Gasteiger partial charge >= 0.3 is 10.1 Å². The monoisotopic (exact) mass is 490 g/mol. The number of rotatable bonds is 9. The van der Waals surface area contributed by atoms with Crippen molar-refractivity contribution in [3.8, 4) is 5.75 Å². The van der Waals surface area contributed by atoms with E-state index in [2.05, 4.69) is 5.32 Å². The van der Waals surface area contributed by atoms with Crippen LogP contribution in [0.5, 0.6) is 5.75 Å². The summed E-state index contributed by atoms with van der Waals surface area (Å²) in [4.78, 5) is 26.0. The summed E-state index contributed by atoms with van der Waals surface area (Å²) >= 11 is 6.20. The van der Waals surface area contributed by atoms with Crippen LogP contribution in [0.1, 0.15) is 44.6 Å². The van der Waals surface area contributed by atoms with E-state index in [1.165, 1.54) is 37.3 Å². The molecule has 0 atom stereocenters. The molecule has 0 spiro atoms. The number of hydrogen-bond donors (Lipinski definition) is 1. The van der Waals surface area contributed by atoms with Crippen LogP contribution >= 0.6 is 11.6 Å². The van der Waals surface area contributed by atoms with Crippen LogP contribution < -0.4 is 9.50 Å². The highest BCUT2D eigenvalue weighted by atomic mass is 35.5. The fourth-order valence-corrected chi connectivity index (χ4v) is 4.95. The van der Waals surface area contributed by atoms with Crippen molar-refractivity contribution in [1.29, 1.82) is 0 Å². The largest absolute Gasteiger partial charge is 0.379 e. The molecule has 9 heteroatoms. The third kappa shape index (κ3) is 6.06. The maximum absolute atomic E-state index is 13.0. The molecule has 0 radical (unpaired) electrons. The van der Waals surface area contributed by atoms with E-state index < -0.39 is 10.1 Å². The number of benzene rings is 2. The molecule has 7 nitrogen and oxygen atoms in total. The van der Waals surface area contributed by atoms with Crippen LogP contribution in [-0.2, 0) is 26.3 Å². The Hall–Kier alpha value is -2.58. The number of anilines is 1. The molecule has 2 aliphatic carbocycles. The van der Waals surface area contributed by atoms with Gasteiger partial charge in [-0.15, -0.1) is 0 Å². The molecular weight excluding hydrogens is 464 g/mol. The van der Waals surface area contributed by atoms with Crippen molar-refractivity contribution < 1.29 is 22.2 Å². The van der Waals surface area contributed by atoms with E-state index in [-0.39, 0.29) is 34.9 Å². The summed E-state index contributed by atoms with van der Waals surface area (Å²) in [7, 11) is -4.13. The molecule has 2 amide bonds. The van der Waals surface area contributed by atoms with Gasteiger partial charge in [-0.2, -0.15) is 8.42 Å². The summed E-state index contributed by atoms with van der Waals surface area (Å²) in [6.45, 7) is 2.29. The van der Waals surface area contributed by atoms with Crippen LogP contribution in [0.4, 0.5) is 5.69 Å². The zero-order chi connectivity index (χ0) is 23.6. The number of amides is 2. The van der Waals surface area contributed by atoms with Gasteiger partial charge in [0.2, 0.25) is 11.8 Å². The maximum Gasteiger partial charge on any atom is 0.339 e. The second kappa shape index (κ2) is 9.73. The van der Waals surface area contributed by atoms with E-state index in [0.717, 1.165) is 32.1 Å². The Morgan fingerprint density at radius 1 is 1.09 bits per heavy atom. The number of nitrogens with zero attached hydrogens (tertiary/aromatic N) is 1. The van der Waals surface area contributed by atoms with Gasteiger partial charge in [-0.05, 0) is 74.1 Å². The van der Waals surface area contributed by atoms with Crippen LogP contribution in [0.3, 0.4) is 0 Å². The molecule has 176 valence electrons. The van der Waals surface area contributed by atoms with Gasteiger partial charge in [0.25, 0.3) is 0 Å². The highest BCUT2D eigenvalue weighted by Gasteiger charge is 2.33. The van der Waals surface area contributed by atoms with Gasteiger partial charge in [0.05, 0.1) is 0 Å². The van der Waals surface area contributed by atoms with E-state index in [1.807, 2.05) is 4.90 Å². The average Bonchev–Trinajstić information content (AvgIpc) is 3.52. The average molecular weight is 491 g/mol. The highest BCUT2D eigenvalue weighted by molar-refractivity contribution is 7.87. The minimum Gasteiger partial charge on any atom is -0.379 e. The Morgan fingerprint density at radius 2 is 1.79 bits per heavy atom. The Labute approximate surface area is 199 Å². The van der Waals surface area contributed by atoms with E-state index in [9.17, 15) is 18.0 Å². The molecule has 0 aromatic heterocycles. The fraction of sp³-hybridized carbons (Fsp3) is 0.417. The van der Waals surface area contributed by atoms with Gasteiger partial charge in [0.1, 0.15) is 10.6 Å². The Bertz CT molecular complexity index is 1140. The molecule has 1 N–H and O–H groups in total. The van der Waals surface area contributed by atoms with Crippen LogP contribution in [0.15, 0.2) is 47.4 Å². The van der Waals surface area contributed by atoms with E-state index in [0.29, 0.717) is 28.7 Å². The number of carbonyl (C=O) groups excluding carboxylic acids is 2. The van der Waals surface area contributed by atoms with Crippen LogP contribution in [0.25, 0.3) is 0 Å². The van der Waals surface area contributed by atoms with Crippen molar-refractivity contribution in [3.05, 3.63) is 53.1 Å². The Kier molecular flexibility index (Phi) is 6.95. The van der Waals surface area contributed by atoms with Gasteiger partial charge in [-0.3, -0.25) is 9.59 Å². The van der Waals surface area contributed by atoms with Gasteiger partial charge in [0, 0.05) is 42.2 Å². The zero-order valence-electron chi connectivity index (χ0n) is 18.4. The minimum absolute atomic E-state index is 0.0436. The normalized spacial score (nSPS) is 16.1. The minimum atomic E-state index is -4.13. The summed E-state index contributed by atoms with van der Waals surface area (Å²) in [5.74, 6) is 0.574. The molecule has 0 aliphatic heterocycles. The molecule has 33 heavy (non-hydrogen) atoms. The van der Waals surface area contributed by atoms with Gasteiger partial charge in [-0.25, -0.2) is 0 Å². The summed E-state index contributed by atoms with van der Waals surface area (Å²) in [5.41, 5.74) is 1.04. The predicted octanol–water partition coefficient (Wildman–Crippen LogP) is 4.60. The summed E-state index contributed by atoms with van der Waals surface area (Å²) in [6, 6.07) is 10.5. The molecule has 4 rings (SSSR count). The molecule has 0 saturated heterocycles. The summed E-state index contributed by atoms with van der Waals surface area (Å²) < 4.78 is 31.3. The molecule has 2 aromatic rings. The van der Waals surface area contributed by atoms with Crippen molar-refractivity contribution in [2.24, 2.45) is 11.8 Å². The van der Waals surface area contributed by atoms with Crippen molar-refractivity contribution in [2.75, 3.05) is 11.9 Å². The first kappa shape index (κ1) is 23.6. The Morgan fingerprint density at radius 3 is 2.36 bits per heavy atom. The molecule has 2 fully saturated rings. The lowest BCUT2D eigenvalue weighted by atomic mass is 9.84. The van der Waals surface area contributed by atoms with Crippen molar-refractivity contribution in [3.63, 3.8) is 0 Å². The Balaban J connectivity index is 1.55. The molecular formula is C24H27ClN2O5S. The molecule has 0 unspecified atom stereocenters. The van der Waals surface area contributed by atoms with Gasteiger partial charge < -0.3 is 14.4 Å². The van der Waals surface area contributed by atoms with Gasteiger partial charge in [-0.1, -0.05) is 18.0 Å². The van der Waals surface area contributed by atoms with E-state index in [4.69, 9.17) is 15.8 Å². The third-order valence-corrected chi connectivity index (χ3v) is 7.47. The molecule has 2 aromatic carbocycles. The third-order valence-electron chi connectivity index (χ3n) is 5.99. The zero-order valence-corrected chi connectivity index (χ0v) is 20.0. The summed E-state index contributed by atoms with van der Waals surface area (Å²) in [5, 5.41) is 3.03. The van der Waals surface area contributed by atoms with Crippen LogP contribution in [0, 0.1) is 11.8 Å². The number of hydrogen-bond acceptors (Lipinski definition) is 5. The maximum atomic E-state index is 13.0. The topological polar surface area (TPSA) is 92.8 Å². The van der Waals surface area contributed by atoms with E-state index in [1.54, 1.807) is 12.1 Å². The SMILES string of the molecule is CC(=O)Nc1ccc(S(=O)(=O)Oc2ccc(Cl)cc2CN(CC2CC2)C(=O)C2CCC2)cc1. The number of carbonyl (C=O) groups is 2. The van der Waals surface area contributed by atoms with Crippen LogP contribution in [0.2, 0.25) is 5.02 Å². The highest BCUT2D eigenvalue weighted by Crippen LogP contribution is 2.35. The summed E-state index contributed by atoms with van der Waals surface area (Å²) in [6.07, 6.45) is 5.09. The molecule has 0 heterocycles. The van der Waals surface area contributed by atoms with Crippen molar-refractivity contribution in [2.45, 2.75) is 50.5 Å². The smallest absolute Gasteiger partial charge is 0.339 e. The standard InChI is InChI=1S/C24H27ClN2O5S/c1-16(28)26-21-8-10-22(11-9-21)33(30,31)32-23-12-7-20(25)13-19(23)15-27(14-17-5-6-17)24(29)18-3-2-4-18/h7-13,17-18H,2-6,14-15H2,1H3,(H,26,28). The predicted molar refractivity (Wildman–Crippen MR) is 125 cm³/mol. The van der Waals surface area contributed by atoms with Crippen LogP contribution in [-0.4, -0.2) is 31.7 Å². The molecule has 0 bridgehead atoms. The first-order valence-corrected chi connectivity index (χ1v) is 12.9. The second-order valence-corrected chi connectivity index (χ2v) is 10.8. The lowest BCUT2D eigenvalue weighted by Gasteiger charge is -2.32. The number of nitrogens with one attached hydrogen (secondary N) is 1. The first-order valence-electron chi connectivity index (χ1n) is 11.1. The van der Waals surface area contributed by atoms with E-state index >= 15 is 0 Å². The fourth-order valence-electron chi connectivity index (χ4n) is 3.79. The first-order chi connectivity index (χ1) is 15.7. The number of halogens is 1. The lowest BCUT2D eigenvalue weighted by molar-refractivity contribution is -0.139. The van der Waals surface area contributed by atoms with Gasteiger partial charge in [0.15, 0.2) is 0 Å².